The molecule has 2 heterocycles. The molecule has 0 aromatic heterocycles. The van der Waals surface area contributed by atoms with Gasteiger partial charge in [0.1, 0.15) is 17.0 Å². The van der Waals surface area contributed by atoms with E-state index in [4.69, 9.17) is 4.74 Å². The van der Waals surface area contributed by atoms with Crippen LogP contribution in [0, 0.1) is 0 Å². The smallest absolute Gasteiger partial charge is 0.337 e. The van der Waals surface area contributed by atoms with Crippen molar-refractivity contribution in [2.24, 2.45) is 0 Å². The zero-order chi connectivity index (χ0) is 21.5. The predicted octanol–water partition coefficient (Wildman–Crippen LogP) is 2.48. The molecule has 0 saturated carbocycles. The van der Waals surface area contributed by atoms with Gasteiger partial charge in [-0.25, -0.2) is 4.79 Å². The highest BCUT2D eigenvalue weighted by atomic mass is 79.9. The molecule has 3 unspecified atom stereocenters. The van der Waals surface area contributed by atoms with E-state index in [0.717, 1.165) is 4.47 Å². The zero-order valence-corrected chi connectivity index (χ0v) is 19.0. The molecule has 2 amide bonds. The Kier molecular flexibility index (Phi) is 6.01. The van der Waals surface area contributed by atoms with Crippen molar-refractivity contribution in [3.63, 3.8) is 0 Å². The van der Waals surface area contributed by atoms with E-state index in [-0.39, 0.29) is 5.57 Å². The summed E-state index contributed by atoms with van der Waals surface area (Å²) in [4.78, 5) is 38.9. The van der Waals surface area contributed by atoms with Crippen LogP contribution in [0.1, 0.15) is 44.5 Å². The first kappa shape index (κ1) is 21.7. The molecule has 1 aromatic rings. The number of nitrogens with zero attached hydrogens (tertiary/aromatic N) is 1. The average Bonchev–Trinajstić information content (AvgIpc) is 2.63. The molecule has 0 bridgehead atoms. The molecular formula is C20H23BrN2O5S. The number of carbonyl (C=O) groups excluding carboxylic acids is 3. The van der Waals surface area contributed by atoms with Gasteiger partial charge in [0.2, 0.25) is 0 Å². The molecule has 1 aromatic carbocycles. The van der Waals surface area contributed by atoms with Gasteiger partial charge >= 0.3 is 5.97 Å². The normalized spacial score (nSPS) is 26.2. The number of amides is 2. The van der Waals surface area contributed by atoms with Crippen LogP contribution >= 0.6 is 15.9 Å². The lowest BCUT2D eigenvalue weighted by molar-refractivity contribution is -0.150. The van der Waals surface area contributed by atoms with Crippen LogP contribution in [0.5, 0.6) is 0 Å². The summed E-state index contributed by atoms with van der Waals surface area (Å²) in [5, 5.41) is 1.41. The first-order chi connectivity index (χ1) is 13.5. The highest BCUT2D eigenvalue weighted by Crippen LogP contribution is 2.35. The minimum atomic E-state index is -1.56. The van der Waals surface area contributed by atoms with Crippen LogP contribution < -0.4 is 5.32 Å². The van der Waals surface area contributed by atoms with Gasteiger partial charge in [0.05, 0.1) is 21.6 Å². The molecule has 3 rings (SSSR count). The van der Waals surface area contributed by atoms with E-state index >= 15 is 0 Å². The van der Waals surface area contributed by atoms with Crippen LogP contribution in [-0.2, 0) is 25.1 Å². The zero-order valence-electron chi connectivity index (χ0n) is 16.6. The van der Waals surface area contributed by atoms with Gasteiger partial charge < -0.3 is 10.1 Å². The van der Waals surface area contributed by atoms with Crippen LogP contribution in [0.25, 0.3) is 0 Å². The van der Waals surface area contributed by atoms with E-state index in [1.54, 1.807) is 45.0 Å². The van der Waals surface area contributed by atoms with Crippen molar-refractivity contribution < 1.29 is 23.3 Å². The number of halogens is 1. The van der Waals surface area contributed by atoms with Crippen LogP contribution in [0.15, 0.2) is 40.5 Å². The Hall–Kier alpha value is -2.00. The highest BCUT2D eigenvalue weighted by molar-refractivity contribution is 9.10. The van der Waals surface area contributed by atoms with Crippen molar-refractivity contribution in [2.75, 3.05) is 0 Å². The summed E-state index contributed by atoms with van der Waals surface area (Å²) >= 11 is 3.31. The summed E-state index contributed by atoms with van der Waals surface area (Å²) in [6, 6.07) is 5.89. The summed E-state index contributed by atoms with van der Waals surface area (Å²) in [6.07, 6.45) is 1.88. The lowest BCUT2D eigenvalue weighted by Crippen LogP contribution is -2.72. The third-order valence-electron chi connectivity index (χ3n) is 4.60. The van der Waals surface area contributed by atoms with Crippen LogP contribution in [0.3, 0.4) is 0 Å². The molecule has 2 aliphatic rings. The molecular weight excluding hydrogens is 460 g/mol. The van der Waals surface area contributed by atoms with E-state index in [1.165, 1.54) is 11.1 Å². The van der Waals surface area contributed by atoms with Gasteiger partial charge in [0, 0.05) is 16.2 Å². The first-order valence-corrected chi connectivity index (χ1v) is 11.3. The van der Waals surface area contributed by atoms with E-state index < -0.39 is 50.8 Å². The van der Waals surface area contributed by atoms with Gasteiger partial charge in [0.25, 0.3) is 11.8 Å². The minimum absolute atomic E-state index is 0.224. The number of hydrogen-bond acceptors (Lipinski definition) is 5. The van der Waals surface area contributed by atoms with Gasteiger partial charge in [0.15, 0.2) is 0 Å². The Balaban J connectivity index is 1.81. The first-order valence-electron chi connectivity index (χ1n) is 9.26. The molecule has 2 aliphatic heterocycles. The second kappa shape index (κ2) is 8.02. The number of benzene rings is 1. The third-order valence-corrected chi connectivity index (χ3v) is 7.22. The van der Waals surface area contributed by atoms with Crippen LogP contribution in [0.4, 0.5) is 0 Å². The Morgan fingerprint density at radius 3 is 2.59 bits per heavy atom. The fraction of sp³-hybridized carbons (Fsp3) is 0.450. The van der Waals surface area contributed by atoms with Crippen molar-refractivity contribution in [1.29, 1.82) is 0 Å². The standard InChI is InChI=1S/C20H23BrN2O5S/c1-5-14-13(19(26)28-20(2,3)4)10-23-17(25)15(18(23)29(14)27)22-16(24)11-7-6-8-12(21)9-11/h6-10,14-15,18H,5H2,1-4H3,(H,22,24)/t14?,15?,18-,29?/m1/s1. The predicted molar refractivity (Wildman–Crippen MR) is 112 cm³/mol. The topological polar surface area (TPSA) is 92.8 Å². The minimum Gasteiger partial charge on any atom is -0.457 e. The summed E-state index contributed by atoms with van der Waals surface area (Å²) in [5.41, 5.74) is -0.0834. The SMILES string of the molecule is CCC1C(C(=O)OC(C)(C)C)=CN2C(=O)C(NC(=O)c3cccc(Br)c3)[C@H]2S1=O. The average molecular weight is 483 g/mol. The van der Waals surface area contributed by atoms with E-state index in [2.05, 4.69) is 21.2 Å². The maximum atomic E-state index is 13.1. The molecule has 29 heavy (non-hydrogen) atoms. The maximum Gasteiger partial charge on any atom is 0.337 e. The van der Waals surface area contributed by atoms with E-state index in [9.17, 15) is 18.6 Å². The van der Waals surface area contributed by atoms with E-state index in [1.807, 2.05) is 6.92 Å². The molecule has 4 atom stereocenters. The summed E-state index contributed by atoms with van der Waals surface area (Å²) in [7, 11) is -1.56. The largest absolute Gasteiger partial charge is 0.457 e. The number of hydrogen-bond donors (Lipinski definition) is 1. The summed E-state index contributed by atoms with van der Waals surface area (Å²) < 4.78 is 19.3. The number of nitrogens with one attached hydrogen (secondary N) is 1. The number of β-lactam (4-membered cyclic amide) rings is 1. The highest BCUT2D eigenvalue weighted by Gasteiger charge is 2.56. The molecule has 0 spiro atoms. The van der Waals surface area contributed by atoms with Gasteiger partial charge in [-0.3, -0.25) is 18.7 Å². The summed E-state index contributed by atoms with van der Waals surface area (Å²) in [5.74, 6) is -1.40. The lowest BCUT2D eigenvalue weighted by Gasteiger charge is -2.48. The van der Waals surface area contributed by atoms with Crippen LogP contribution in [0.2, 0.25) is 0 Å². The Labute approximate surface area is 180 Å². The van der Waals surface area contributed by atoms with Gasteiger partial charge in [-0.2, -0.15) is 0 Å². The Morgan fingerprint density at radius 1 is 1.31 bits per heavy atom. The number of fused-ring (bicyclic) bond motifs is 1. The third kappa shape index (κ3) is 4.30. The molecule has 1 saturated heterocycles. The molecule has 156 valence electrons. The second-order valence-corrected chi connectivity index (χ2v) is 10.5. The number of rotatable bonds is 4. The van der Waals surface area contributed by atoms with Crippen molar-refractivity contribution >= 4 is 44.5 Å². The fourth-order valence-corrected chi connectivity index (χ4v) is 5.60. The molecule has 1 N–H and O–H groups in total. The van der Waals surface area contributed by atoms with Gasteiger partial charge in [-0.05, 0) is 45.4 Å². The Morgan fingerprint density at radius 2 is 2.00 bits per heavy atom. The molecule has 9 heteroatoms. The number of carbonyl (C=O) groups is 3. The summed E-state index contributed by atoms with van der Waals surface area (Å²) in [6.45, 7) is 7.07. The lowest BCUT2D eigenvalue weighted by atomic mass is 10.0. The van der Waals surface area contributed by atoms with Crippen molar-refractivity contribution in [3.05, 3.63) is 46.1 Å². The molecule has 0 radical (unpaired) electrons. The molecule has 1 fully saturated rings. The van der Waals surface area contributed by atoms with Crippen molar-refractivity contribution in [1.82, 2.24) is 10.2 Å². The number of ether oxygens (including phenoxy) is 1. The molecule has 7 nitrogen and oxygen atoms in total. The number of esters is 1. The second-order valence-electron chi connectivity index (χ2n) is 7.91. The fourth-order valence-electron chi connectivity index (χ4n) is 3.29. The van der Waals surface area contributed by atoms with Crippen LogP contribution in [-0.4, -0.2) is 49.2 Å². The Bertz CT molecular complexity index is 924. The maximum absolute atomic E-state index is 13.1. The monoisotopic (exact) mass is 482 g/mol. The van der Waals surface area contributed by atoms with Crippen molar-refractivity contribution in [2.45, 2.75) is 56.4 Å². The van der Waals surface area contributed by atoms with E-state index in [0.29, 0.717) is 12.0 Å². The molecule has 0 aliphatic carbocycles. The van der Waals surface area contributed by atoms with Crippen molar-refractivity contribution in [3.8, 4) is 0 Å². The quantitative estimate of drug-likeness (QED) is 0.525. The van der Waals surface area contributed by atoms with Gasteiger partial charge in [-0.1, -0.05) is 28.9 Å². The van der Waals surface area contributed by atoms with Gasteiger partial charge in [-0.15, -0.1) is 0 Å².